The van der Waals surface area contributed by atoms with Gasteiger partial charge in [0.05, 0.1) is 5.56 Å². The highest BCUT2D eigenvalue weighted by atomic mass is 32.2. The van der Waals surface area contributed by atoms with Crippen molar-refractivity contribution in [2.45, 2.75) is 44.2 Å². The molecule has 18 heavy (non-hydrogen) atoms. The molecule has 100 valence electrons. The van der Waals surface area contributed by atoms with Crippen LogP contribution < -0.4 is 0 Å². The molecule has 0 aliphatic heterocycles. The van der Waals surface area contributed by atoms with E-state index in [0.29, 0.717) is 12.0 Å². The van der Waals surface area contributed by atoms with Crippen LogP contribution in [-0.4, -0.2) is 20.5 Å². The highest BCUT2D eigenvalue weighted by molar-refractivity contribution is 7.92. The molecule has 0 saturated carbocycles. The fourth-order valence-electron chi connectivity index (χ4n) is 2.45. The quantitative estimate of drug-likeness (QED) is 0.746. The van der Waals surface area contributed by atoms with Crippen molar-refractivity contribution in [1.82, 2.24) is 0 Å². The number of sulfone groups is 1. The van der Waals surface area contributed by atoms with Gasteiger partial charge in [0.15, 0.2) is 15.6 Å². The largest absolute Gasteiger partial charge is 0.294 e. The first-order valence-corrected chi connectivity index (χ1v) is 8.68. The summed E-state index contributed by atoms with van der Waals surface area (Å²) in [5.74, 6) is -0.0136. The minimum absolute atomic E-state index is 0.0136. The Hall–Kier alpha value is -0.680. The van der Waals surface area contributed by atoms with E-state index in [4.69, 9.17) is 0 Å². The molecule has 2 rings (SSSR count). The predicted molar refractivity (Wildman–Crippen MR) is 73.2 cm³/mol. The van der Waals surface area contributed by atoms with E-state index in [0.717, 1.165) is 23.3 Å². The van der Waals surface area contributed by atoms with Gasteiger partial charge < -0.3 is 0 Å². The van der Waals surface area contributed by atoms with Crippen molar-refractivity contribution < 1.29 is 13.2 Å². The molecule has 1 aromatic heterocycles. The number of carbonyl (C=O) groups excluding carboxylic acids is 1. The number of Topliss-reactive ketones (excluding diaryl/α,β-unsaturated/α-hetero) is 1. The Balaban J connectivity index is 2.71. The molecule has 0 radical (unpaired) electrons. The zero-order valence-corrected chi connectivity index (χ0v) is 12.8. The lowest BCUT2D eigenvalue weighted by Gasteiger charge is -2.21. The Bertz CT molecular complexity index is 606. The second kappa shape index (κ2) is 4.17. The van der Waals surface area contributed by atoms with E-state index in [1.807, 2.05) is 6.92 Å². The summed E-state index contributed by atoms with van der Waals surface area (Å²) in [5, 5.41) is 0. The number of hydrogen-bond donors (Lipinski definition) is 0. The number of carbonyl (C=O) groups is 1. The Morgan fingerprint density at radius 1 is 1.28 bits per heavy atom. The van der Waals surface area contributed by atoms with Crippen LogP contribution in [0, 0.1) is 12.3 Å². The molecule has 1 aliphatic rings. The summed E-state index contributed by atoms with van der Waals surface area (Å²) in [6, 6.07) is 0. The summed E-state index contributed by atoms with van der Waals surface area (Å²) in [6.45, 7) is 6.17. The maximum atomic E-state index is 12.2. The van der Waals surface area contributed by atoms with Crippen molar-refractivity contribution in [3.05, 3.63) is 16.0 Å². The highest BCUT2D eigenvalue weighted by Crippen LogP contribution is 2.41. The lowest BCUT2D eigenvalue weighted by molar-refractivity contribution is 0.0969. The highest BCUT2D eigenvalue weighted by Gasteiger charge is 2.34. The molecule has 0 atom stereocenters. The average molecular weight is 286 g/mol. The second-order valence-electron chi connectivity index (χ2n) is 5.84. The summed E-state index contributed by atoms with van der Waals surface area (Å²) in [5.41, 5.74) is 1.49. The SMILES string of the molecule is Cc1sc(S(C)(=O)=O)c2c1CC(C)(C)CCC2=O. The van der Waals surface area contributed by atoms with Crippen LogP contribution in [0.4, 0.5) is 0 Å². The standard InChI is InChI=1S/C13H18O3S2/c1-8-9-7-13(2,3)6-5-10(14)11(9)12(17-8)18(4,15)16/h5-7H2,1-4H3. The first kappa shape index (κ1) is 13.7. The Labute approximate surface area is 112 Å². The first-order chi connectivity index (χ1) is 8.12. The first-order valence-electron chi connectivity index (χ1n) is 5.97. The van der Waals surface area contributed by atoms with Crippen LogP contribution in [0.5, 0.6) is 0 Å². The van der Waals surface area contributed by atoms with Crippen LogP contribution in [0.25, 0.3) is 0 Å². The average Bonchev–Trinajstić information content (AvgIpc) is 2.46. The van der Waals surface area contributed by atoms with Crippen molar-refractivity contribution in [2.75, 3.05) is 6.26 Å². The number of hydrogen-bond acceptors (Lipinski definition) is 4. The molecule has 0 bridgehead atoms. The molecular weight excluding hydrogens is 268 g/mol. The van der Waals surface area contributed by atoms with Crippen LogP contribution in [-0.2, 0) is 16.3 Å². The van der Waals surface area contributed by atoms with Gasteiger partial charge in [-0.25, -0.2) is 8.42 Å². The van der Waals surface area contributed by atoms with Crippen LogP contribution in [0.15, 0.2) is 4.21 Å². The van der Waals surface area contributed by atoms with Gasteiger partial charge in [-0.2, -0.15) is 0 Å². The molecule has 0 unspecified atom stereocenters. The summed E-state index contributed by atoms with van der Waals surface area (Å²) in [6.07, 6.45) is 3.22. The zero-order chi connectivity index (χ0) is 13.7. The van der Waals surface area contributed by atoms with Gasteiger partial charge in [0, 0.05) is 17.6 Å². The molecule has 0 spiro atoms. The number of thiophene rings is 1. The Morgan fingerprint density at radius 3 is 2.44 bits per heavy atom. The summed E-state index contributed by atoms with van der Waals surface area (Å²) in [4.78, 5) is 13.2. The van der Waals surface area contributed by atoms with Crippen LogP contribution >= 0.6 is 11.3 Å². The molecule has 0 fully saturated rings. The van der Waals surface area contributed by atoms with E-state index in [-0.39, 0.29) is 15.4 Å². The topological polar surface area (TPSA) is 51.2 Å². The fraction of sp³-hybridized carbons (Fsp3) is 0.615. The van der Waals surface area contributed by atoms with Crippen LogP contribution in [0.3, 0.4) is 0 Å². The lowest BCUT2D eigenvalue weighted by atomic mass is 9.83. The van der Waals surface area contributed by atoms with Crippen LogP contribution in [0.2, 0.25) is 0 Å². The minimum Gasteiger partial charge on any atom is -0.294 e. The third-order valence-corrected chi connectivity index (χ3v) is 6.45. The van der Waals surface area contributed by atoms with Crippen molar-refractivity contribution in [2.24, 2.45) is 5.41 Å². The normalized spacial score (nSPS) is 19.4. The Morgan fingerprint density at radius 2 is 1.89 bits per heavy atom. The fourth-order valence-corrected chi connectivity index (χ4v) is 4.95. The third-order valence-electron chi connectivity index (χ3n) is 3.48. The molecule has 0 amide bonds. The van der Waals surface area contributed by atoms with Crippen molar-refractivity contribution in [3.63, 3.8) is 0 Å². The molecular formula is C13H18O3S2. The summed E-state index contributed by atoms with van der Waals surface area (Å²) in [7, 11) is -3.31. The molecule has 0 saturated heterocycles. The molecule has 5 heteroatoms. The minimum atomic E-state index is -3.31. The molecule has 0 aromatic carbocycles. The van der Waals surface area contributed by atoms with Gasteiger partial charge in [-0.1, -0.05) is 13.8 Å². The van der Waals surface area contributed by atoms with E-state index >= 15 is 0 Å². The molecule has 1 aromatic rings. The monoisotopic (exact) mass is 286 g/mol. The van der Waals surface area contributed by atoms with Gasteiger partial charge in [-0.15, -0.1) is 11.3 Å². The summed E-state index contributed by atoms with van der Waals surface area (Å²) < 4.78 is 23.9. The number of ketones is 1. The van der Waals surface area contributed by atoms with E-state index < -0.39 is 9.84 Å². The number of fused-ring (bicyclic) bond motifs is 1. The second-order valence-corrected chi connectivity index (χ2v) is 9.27. The maximum Gasteiger partial charge on any atom is 0.185 e. The zero-order valence-electron chi connectivity index (χ0n) is 11.2. The Kier molecular flexibility index (Phi) is 3.18. The third kappa shape index (κ3) is 2.38. The van der Waals surface area contributed by atoms with E-state index in [2.05, 4.69) is 13.8 Å². The lowest BCUT2D eigenvalue weighted by Crippen LogP contribution is -2.13. The molecule has 3 nitrogen and oxygen atoms in total. The molecule has 1 heterocycles. The van der Waals surface area contributed by atoms with E-state index in [1.165, 1.54) is 17.6 Å². The van der Waals surface area contributed by atoms with Gasteiger partial charge >= 0.3 is 0 Å². The van der Waals surface area contributed by atoms with Gasteiger partial charge in [-0.05, 0) is 30.7 Å². The number of rotatable bonds is 1. The molecule has 1 aliphatic carbocycles. The number of aryl methyl sites for hydroxylation is 1. The van der Waals surface area contributed by atoms with E-state index in [1.54, 1.807) is 0 Å². The predicted octanol–water partition coefficient (Wildman–Crippen LogP) is 3.01. The van der Waals surface area contributed by atoms with Crippen molar-refractivity contribution >= 4 is 27.0 Å². The van der Waals surface area contributed by atoms with Gasteiger partial charge in [-0.3, -0.25) is 4.79 Å². The summed E-state index contributed by atoms with van der Waals surface area (Å²) >= 11 is 1.24. The van der Waals surface area contributed by atoms with Crippen molar-refractivity contribution in [1.29, 1.82) is 0 Å². The van der Waals surface area contributed by atoms with Gasteiger partial charge in [0.1, 0.15) is 4.21 Å². The smallest absolute Gasteiger partial charge is 0.185 e. The van der Waals surface area contributed by atoms with E-state index in [9.17, 15) is 13.2 Å². The maximum absolute atomic E-state index is 12.2. The van der Waals surface area contributed by atoms with Gasteiger partial charge in [0.25, 0.3) is 0 Å². The van der Waals surface area contributed by atoms with Crippen LogP contribution in [0.1, 0.15) is 47.5 Å². The van der Waals surface area contributed by atoms with Gasteiger partial charge in [0.2, 0.25) is 0 Å². The molecule has 0 N–H and O–H groups in total. The van der Waals surface area contributed by atoms with Crippen molar-refractivity contribution in [3.8, 4) is 0 Å².